The van der Waals surface area contributed by atoms with Crippen LogP contribution >= 0.6 is 0 Å². The van der Waals surface area contributed by atoms with Crippen LogP contribution in [0.5, 0.6) is 11.5 Å². The number of piperazine rings is 1. The number of nitrogens with one attached hydrogen (secondary N) is 1. The van der Waals surface area contributed by atoms with Crippen molar-refractivity contribution in [3.63, 3.8) is 0 Å². The molecule has 2 amide bonds. The number of anilines is 2. The molecule has 0 unspecified atom stereocenters. The van der Waals surface area contributed by atoms with Crippen molar-refractivity contribution in [3.05, 3.63) is 48.0 Å². The summed E-state index contributed by atoms with van der Waals surface area (Å²) in [5.74, 6) is 1.04. The second-order valence-electron chi connectivity index (χ2n) is 6.77. The summed E-state index contributed by atoms with van der Waals surface area (Å²) < 4.78 is 16.0. The van der Waals surface area contributed by atoms with Crippen molar-refractivity contribution >= 4 is 23.4 Å². The molecule has 8 nitrogen and oxygen atoms in total. The van der Waals surface area contributed by atoms with E-state index in [2.05, 4.69) is 10.2 Å². The molecule has 4 rings (SSSR count). The molecule has 2 heterocycles. The van der Waals surface area contributed by atoms with Crippen LogP contribution in [0.2, 0.25) is 0 Å². The van der Waals surface area contributed by atoms with Crippen LogP contribution in [0.4, 0.5) is 16.2 Å². The molecule has 1 N–H and O–H groups in total. The Kier molecular flexibility index (Phi) is 5.41. The van der Waals surface area contributed by atoms with E-state index in [4.69, 9.17) is 14.2 Å². The Morgan fingerprint density at radius 2 is 1.69 bits per heavy atom. The Labute approximate surface area is 168 Å². The number of rotatable bonds is 3. The number of para-hydroxylation sites is 1. The van der Waals surface area contributed by atoms with Gasteiger partial charge in [-0.15, -0.1) is 0 Å². The molecule has 0 bridgehead atoms. The molecule has 0 aliphatic carbocycles. The van der Waals surface area contributed by atoms with Crippen molar-refractivity contribution < 1.29 is 23.8 Å². The Bertz CT molecular complexity index is 909. The van der Waals surface area contributed by atoms with Gasteiger partial charge in [0.25, 0.3) is 0 Å². The smallest absolute Gasteiger partial charge is 0.339 e. The second kappa shape index (κ2) is 8.30. The summed E-state index contributed by atoms with van der Waals surface area (Å²) in [5.41, 5.74) is 1.82. The van der Waals surface area contributed by atoms with Gasteiger partial charge in [-0.05, 0) is 24.3 Å². The van der Waals surface area contributed by atoms with E-state index in [9.17, 15) is 9.59 Å². The van der Waals surface area contributed by atoms with E-state index >= 15 is 0 Å². The summed E-state index contributed by atoms with van der Waals surface area (Å²) in [7, 11) is 1.32. The Hall–Kier alpha value is -3.42. The molecule has 0 aromatic heterocycles. The maximum Gasteiger partial charge on any atom is 0.339 e. The van der Waals surface area contributed by atoms with Gasteiger partial charge in [-0.2, -0.15) is 0 Å². The lowest BCUT2D eigenvalue weighted by Gasteiger charge is -2.36. The number of hydrogen-bond acceptors (Lipinski definition) is 6. The predicted octanol–water partition coefficient (Wildman–Crippen LogP) is 2.60. The highest BCUT2D eigenvalue weighted by molar-refractivity contribution is 6.00. The number of carbonyl (C=O) groups is 2. The normalized spacial score (nSPS) is 15.6. The van der Waals surface area contributed by atoms with E-state index in [1.54, 1.807) is 29.2 Å². The van der Waals surface area contributed by atoms with Gasteiger partial charge >= 0.3 is 12.0 Å². The zero-order chi connectivity index (χ0) is 20.2. The van der Waals surface area contributed by atoms with Crippen LogP contribution in [-0.2, 0) is 4.74 Å². The number of esters is 1. The Morgan fingerprint density at radius 1 is 0.966 bits per heavy atom. The third kappa shape index (κ3) is 4.06. The summed E-state index contributed by atoms with van der Waals surface area (Å²) in [6.45, 7) is 3.66. The van der Waals surface area contributed by atoms with Crippen LogP contribution in [-0.4, -0.2) is 63.4 Å². The molecule has 0 atom stereocenters. The van der Waals surface area contributed by atoms with Gasteiger partial charge in [-0.3, -0.25) is 0 Å². The molecule has 29 heavy (non-hydrogen) atoms. The molecule has 1 saturated heterocycles. The lowest BCUT2D eigenvalue weighted by atomic mass is 10.2. The molecule has 2 aromatic carbocycles. The van der Waals surface area contributed by atoms with Gasteiger partial charge in [-0.1, -0.05) is 12.1 Å². The van der Waals surface area contributed by atoms with E-state index in [1.807, 2.05) is 18.2 Å². The number of carbonyl (C=O) groups excluding carboxylic acids is 2. The average Bonchev–Trinajstić information content (AvgIpc) is 2.78. The molecule has 8 heteroatoms. The first-order valence-corrected chi connectivity index (χ1v) is 9.53. The number of urea groups is 1. The molecular formula is C21H23N3O5. The highest BCUT2D eigenvalue weighted by Gasteiger charge is 2.24. The lowest BCUT2D eigenvalue weighted by Crippen LogP contribution is -2.50. The fourth-order valence-corrected chi connectivity index (χ4v) is 3.47. The van der Waals surface area contributed by atoms with Crippen molar-refractivity contribution in [1.82, 2.24) is 4.90 Å². The van der Waals surface area contributed by atoms with Gasteiger partial charge in [0.15, 0.2) is 11.5 Å². The first-order valence-electron chi connectivity index (χ1n) is 9.53. The van der Waals surface area contributed by atoms with Crippen LogP contribution in [0.3, 0.4) is 0 Å². The lowest BCUT2D eigenvalue weighted by molar-refractivity contribution is 0.0602. The molecule has 2 aliphatic heterocycles. The molecule has 1 fully saturated rings. The average molecular weight is 397 g/mol. The topological polar surface area (TPSA) is 80.3 Å². The number of benzene rings is 2. The van der Waals surface area contributed by atoms with Crippen LogP contribution < -0.4 is 19.7 Å². The third-order valence-electron chi connectivity index (χ3n) is 5.03. The Morgan fingerprint density at radius 3 is 2.45 bits per heavy atom. The van der Waals surface area contributed by atoms with Gasteiger partial charge in [0.1, 0.15) is 13.2 Å². The van der Waals surface area contributed by atoms with Gasteiger partial charge in [0.2, 0.25) is 0 Å². The predicted molar refractivity (Wildman–Crippen MR) is 108 cm³/mol. The quantitative estimate of drug-likeness (QED) is 0.802. The molecule has 2 aliphatic rings. The van der Waals surface area contributed by atoms with Crippen LogP contribution in [0.25, 0.3) is 0 Å². The van der Waals surface area contributed by atoms with Crippen molar-refractivity contribution in [2.45, 2.75) is 0 Å². The minimum Gasteiger partial charge on any atom is -0.486 e. The Balaban J connectivity index is 1.37. The zero-order valence-corrected chi connectivity index (χ0v) is 16.2. The summed E-state index contributed by atoms with van der Waals surface area (Å²) in [6, 6.07) is 12.5. The van der Waals surface area contributed by atoms with Crippen molar-refractivity contribution in [2.75, 3.05) is 56.7 Å². The summed E-state index contributed by atoms with van der Waals surface area (Å²) in [6.07, 6.45) is 0. The largest absolute Gasteiger partial charge is 0.486 e. The fraction of sp³-hybridized carbons (Fsp3) is 0.333. The minimum absolute atomic E-state index is 0.233. The van der Waals surface area contributed by atoms with Crippen LogP contribution in [0.15, 0.2) is 42.5 Å². The fourth-order valence-electron chi connectivity index (χ4n) is 3.47. The van der Waals surface area contributed by atoms with Gasteiger partial charge < -0.3 is 29.3 Å². The highest BCUT2D eigenvalue weighted by Crippen LogP contribution is 2.34. The van der Waals surface area contributed by atoms with Crippen molar-refractivity contribution in [1.29, 1.82) is 0 Å². The van der Waals surface area contributed by atoms with Crippen LogP contribution in [0.1, 0.15) is 10.4 Å². The number of methoxy groups -OCH3 is 1. The van der Waals surface area contributed by atoms with E-state index in [0.29, 0.717) is 50.6 Å². The first-order chi connectivity index (χ1) is 14.2. The summed E-state index contributed by atoms with van der Waals surface area (Å²) >= 11 is 0. The van der Waals surface area contributed by atoms with Crippen molar-refractivity contribution in [3.8, 4) is 11.5 Å². The SMILES string of the molecule is COC(=O)c1ccccc1NC(=O)N1CCN(c2ccc3c(c2)OCCO3)CC1. The molecule has 0 radical (unpaired) electrons. The van der Waals surface area contributed by atoms with Gasteiger partial charge in [0, 0.05) is 37.9 Å². The standard InChI is InChI=1S/C21H23N3O5/c1-27-20(25)16-4-2-3-5-17(16)22-21(26)24-10-8-23(9-11-24)15-6-7-18-19(14-15)29-13-12-28-18/h2-7,14H,8-13H2,1H3,(H,22,26). The molecule has 0 saturated carbocycles. The maximum atomic E-state index is 12.7. The van der Waals surface area contributed by atoms with E-state index in [-0.39, 0.29) is 6.03 Å². The van der Waals surface area contributed by atoms with E-state index in [1.165, 1.54) is 7.11 Å². The highest BCUT2D eigenvalue weighted by atomic mass is 16.6. The number of ether oxygens (including phenoxy) is 3. The molecule has 2 aromatic rings. The molecule has 0 spiro atoms. The van der Waals surface area contributed by atoms with Gasteiger partial charge in [0.05, 0.1) is 18.4 Å². The zero-order valence-electron chi connectivity index (χ0n) is 16.2. The number of nitrogens with zero attached hydrogens (tertiary/aromatic N) is 2. The number of fused-ring (bicyclic) bond motifs is 1. The molecule has 152 valence electrons. The number of hydrogen-bond donors (Lipinski definition) is 1. The van der Waals surface area contributed by atoms with Gasteiger partial charge in [-0.25, -0.2) is 9.59 Å². The molecular weight excluding hydrogens is 374 g/mol. The number of amides is 2. The monoisotopic (exact) mass is 397 g/mol. The summed E-state index contributed by atoms with van der Waals surface area (Å²) in [4.78, 5) is 28.5. The maximum absolute atomic E-state index is 12.7. The van der Waals surface area contributed by atoms with Crippen molar-refractivity contribution in [2.24, 2.45) is 0 Å². The summed E-state index contributed by atoms with van der Waals surface area (Å²) in [5, 5.41) is 2.82. The third-order valence-corrected chi connectivity index (χ3v) is 5.03. The van der Waals surface area contributed by atoms with E-state index < -0.39 is 5.97 Å². The first kappa shape index (κ1) is 18.9. The minimum atomic E-state index is -0.482. The van der Waals surface area contributed by atoms with Crippen LogP contribution in [0, 0.1) is 0 Å². The second-order valence-corrected chi connectivity index (χ2v) is 6.77. The van der Waals surface area contributed by atoms with E-state index in [0.717, 1.165) is 17.2 Å².